The molecule has 0 atom stereocenters. The van der Waals surface area contributed by atoms with Crippen molar-refractivity contribution in [1.29, 1.82) is 0 Å². The third-order valence-corrected chi connectivity index (χ3v) is 1.94. The number of halogens is 1. The largest absolute Gasteiger partial charge is 0.384 e. The highest BCUT2D eigenvalue weighted by atomic mass is 19.1. The van der Waals surface area contributed by atoms with Gasteiger partial charge in [0.05, 0.1) is 0 Å². The topological polar surface area (TPSA) is 38.9 Å². The number of aryl methyl sites for hydroxylation is 1. The lowest BCUT2D eigenvalue weighted by Gasteiger charge is -2.21. The van der Waals surface area contributed by atoms with Gasteiger partial charge in [-0.15, -0.1) is 0 Å². The van der Waals surface area contributed by atoms with Gasteiger partial charge in [-0.3, -0.25) is 0 Å². The van der Waals surface area contributed by atoms with E-state index >= 15 is 0 Å². The molecule has 2 N–H and O–H groups in total. The molecular formula is C10H15FN2. The van der Waals surface area contributed by atoms with Gasteiger partial charge in [0.2, 0.25) is 5.95 Å². The van der Waals surface area contributed by atoms with Crippen molar-refractivity contribution in [3.63, 3.8) is 0 Å². The lowest BCUT2D eigenvalue weighted by molar-refractivity contribution is 0.497. The summed E-state index contributed by atoms with van der Waals surface area (Å²) in [7, 11) is 0. The molecule has 72 valence electrons. The van der Waals surface area contributed by atoms with E-state index in [4.69, 9.17) is 5.73 Å². The Balaban J connectivity index is 3.38. The van der Waals surface area contributed by atoms with Crippen LogP contribution in [0.4, 0.5) is 10.2 Å². The first kappa shape index (κ1) is 9.96. The summed E-state index contributed by atoms with van der Waals surface area (Å²) < 4.78 is 13.4. The minimum absolute atomic E-state index is 0.227. The quantitative estimate of drug-likeness (QED) is 0.626. The Morgan fingerprint density at radius 3 is 2.31 bits per heavy atom. The molecule has 1 heterocycles. The predicted octanol–water partition coefficient (Wildman–Crippen LogP) is 2.41. The lowest BCUT2D eigenvalue weighted by atomic mass is 9.85. The number of hydrogen-bond acceptors (Lipinski definition) is 2. The Kier molecular flexibility index (Phi) is 2.28. The molecule has 0 saturated carbocycles. The van der Waals surface area contributed by atoms with Crippen molar-refractivity contribution >= 4 is 5.82 Å². The molecule has 0 radical (unpaired) electrons. The minimum atomic E-state index is -0.454. The third kappa shape index (κ3) is 1.97. The van der Waals surface area contributed by atoms with E-state index in [1.54, 1.807) is 6.07 Å². The number of pyridine rings is 1. The Morgan fingerprint density at radius 1 is 1.38 bits per heavy atom. The SMILES string of the molecule is Cc1cc(N)nc(F)c1C(C)(C)C. The molecule has 0 aliphatic rings. The first-order valence-electron chi connectivity index (χ1n) is 4.25. The van der Waals surface area contributed by atoms with Crippen LogP contribution in [0.25, 0.3) is 0 Å². The number of aromatic nitrogens is 1. The van der Waals surface area contributed by atoms with E-state index in [9.17, 15) is 4.39 Å². The van der Waals surface area contributed by atoms with Crippen LogP contribution in [0.1, 0.15) is 31.9 Å². The number of nitrogens with two attached hydrogens (primary N) is 1. The van der Waals surface area contributed by atoms with Gasteiger partial charge in [-0.2, -0.15) is 4.39 Å². The van der Waals surface area contributed by atoms with E-state index in [0.29, 0.717) is 5.56 Å². The van der Waals surface area contributed by atoms with E-state index in [1.165, 1.54) is 0 Å². The zero-order valence-electron chi connectivity index (χ0n) is 8.48. The van der Waals surface area contributed by atoms with Crippen molar-refractivity contribution in [3.05, 3.63) is 23.1 Å². The first-order valence-corrected chi connectivity index (χ1v) is 4.25. The van der Waals surface area contributed by atoms with Crippen LogP contribution in [0, 0.1) is 12.9 Å². The molecule has 0 saturated heterocycles. The number of anilines is 1. The second-order valence-corrected chi connectivity index (χ2v) is 4.28. The van der Waals surface area contributed by atoms with E-state index in [2.05, 4.69) is 4.98 Å². The molecule has 1 aromatic heterocycles. The summed E-state index contributed by atoms with van der Waals surface area (Å²) in [6.07, 6.45) is 0. The smallest absolute Gasteiger partial charge is 0.218 e. The molecule has 0 aliphatic heterocycles. The summed E-state index contributed by atoms with van der Waals surface area (Å²) in [4.78, 5) is 3.61. The Bertz CT molecular complexity index is 303. The normalized spacial score (nSPS) is 11.8. The Hall–Kier alpha value is -1.12. The van der Waals surface area contributed by atoms with E-state index in [-0.39, 0.29) is 11.2 Å². The van der Waals surface area contributed by atoms with Crippen molar-refractivity contribution in [3.8, 4) is 0 Å². The molecule has 0 aromatic carbocycles. The molecule has 0 amide bonds. The number of nitrogen functional groups attached to an aromatic ring is 1. The fourth-order valence-corrected chi connectivity index (χ4v) is 1.56. The maximum absolute atomic E-state index is 13.4. The van der Waals surface area contributed by atoms with Gasteiger partial charge in [0.25, 0.3) is 0 Å². The predicted molar refractivity (Wildman–Crippen MR) is 52.0 cm³/mol. The number of nitrogens with zero attached hydrogens (tertiary/aromatic N) is 1. The van der Waals surface area contributed by atoms with Crippen molar-refractivity contribution in [2.75, 3.05) is 5.73 Å². The number of rotatable bonds is 0. The van der Waals surface area contributed by atoms with E-state index in [1.807, 2.05) is 27.7 Å². The molecule has 13 heavy (non-hydrogen) atoms. The standard InChI is InChI=1S/C10H15FN2/c1-6-5-7(12)13-9(11)8(6)10(2,3)4/h5H,1-4H3,(H2,12,13). The van der Waals surface area contributed by atoms with Gasteiger partial charge in [0, 0.05) is 5.56 Å². The average Bonchev–Trinajstić information content (AvgIpc) is 1.78. The van der Waals surface area contributed by atoms with Crippen molar-refractivity contribution in [1.82, 2.24) is 4.98 Å². The first-order chi connectivity index (χ1) is 5.82. The van der Waals surface area contributed by atoms with Crippen molar-refractivity contribution < 1.29 is 4.39 Å². The third-order valence-electron chi connectivity index (χ3n) is 1.94. The molecule has 0 fully saturated rings. The summed E-state index contributed by atoms with van der Waals surface area (Å²) in [5.74, 6) is -0.215. The van der Waals surface area contributed by atoms with Crippen LogP contribution in [0.15, 0.2) is 6.07 Å². The summed E-state index contributed by atoms with van der Waals surface area (Å²) in [5, 5.41) is 0. The summed E-state index contributed by atoms with van der Waals surface area (Å²) in [6.45, 7) is 7.71. The van der Waals surface area contributed by atoms with E-state index in [0.717, 1.165) is 5.56 Å². The Labute approximate surface area is 78.0 Å². The second kappa shape index (κ2) is 2.98. The van der Waals surface area contributed by atoms with Gasteiger partial charge in [-0.05, 0) is 24.0 Å². The summed E-state index contributed by atoms with van der Waals surface area (Å²) in [5.41, 5.74) is 6.69. The fraction of sp³-hybridized carbons (Fsp3) is 0.500. The van der Waals surface area contributed by atoms with Crippen LogP contribution in [0.5, 0.6) is 0 Å². The summed E-state index contributed by atoms with van der Waals surface area (Å²) in [6, 6.07) is 1.70. The van der Waals surface area contributed by atoms with Crippen LogP contribution in [0.2, 0.25) is 0 Å². The monoisotopic (exact) mass is 182 g/mol. The zero-order valence-corrected chi connectivity index (χ0v) is 8.48. The van der Waals surface area contributed by atoms with Crippen LogP contribution in [0.3, 0.4) is 0 Å². The van der Waals surface area contributed by atoms with Gasteiger partial charge in [-0.25, -0.2) is 4.98 Å². The highest BCUT2D eigenvalue weighted by molar-refractivity contribution is 5.39. The van der Waals surface area contributed by atoms with Crippen LogP contribution in [-0.4, -0.2) is 4.98 Å². The number of hydrogen-bond donors (Lipinski definition) is 1. The van der Waals surface area contributed by atoms with Gasteiger partial charge in [0.1, 0.15) is 5.82 Å². The molecule has 0 spiro atoms. The highest BCUT2D eigenvalue weighted by Crippen LogP contribution is 2.28. The lowest BCUT2D eigenvalue weighted by Crippen LogP contribution is -2.17. The molecular weight excluding hydrogens is 167 g/mol. The average molecular weight is 182 g/mol. The van der Waals surface area contributed by atoms with E-state index < -0.39 is 5.95 Å². The van der Waals surface area contributed by atoms with Crippen LogP contribution >= 0.6 is 0 Å². The fourth-order valence-electron chi connectivity index (χ4n) is 1.56. The van der Waals surface area contributed by atoms with Crippen molar-refractivity contribution in [2.24, 2.45) is 0 Å². The molecule has 1 aromatic rings. The molecule has 0 aliphatic carbocycles. The minimum Gasteiger partial charge on any atom is -0.384 e. The molecule has 0 bridgehead atoms. The van der Waals surface area contributed by atoms with Crippen molar-refractivity contribution in [2.45, 2.75) is 33.1 Å². The molecule has 0 unspecified atom stereocenters. The molecule has 2 nitrogen and oxygen atoms in total. The molecule has 1 rings (SSSR count). The van der Waals surface area contributed by atoms with Crippen LogP contribution < -0.4 is 5.73 Å². The van der Waals surface area contributed by atoms with Gasteiger partial charge < -0.3 is 5.73 Å². The van der Waals surface area contributed by atoms with Gasteiger partial charge in [-0.1, -0.05) is 20.8 Å². The maximum Gasteiger partial charge on any atom is 0.218 e. The Morgan fingerprint density at radius 2 is 1.92 bits per heavy atom. The van der Waals surface area contributed by atoms with Crippen LogP contribution in [-0.2, 0) is 5.41 Å². The summed E-state index contributed by atoms with van der Waals surface area (Å²) >= 11 is 0. The molecule has 3 heteroatoms. The second-order valence-electron chi connectivity index (χ2n) is 4.28. The van der Waals surface area contributed by atoms with Gasteiger partial charge >= 0.3 is 0 Å². The van der Waals surface area contributed by atoms with Gasteiger partial charge in [0.15, 0.2) is 0 Å². The zero-order chi connectivity index (χ0) is 10.2. The highest BCUT2D eigenvalue weighted by Gasteiger charge is 2.22. The maximum atomic E-state index is 13.4.